The van der Waals surface area contributed by atoms with Crippen molar-refractivity contribution in [1.82, 2.24) is 0 Å². The SMILES string of the molecule is c1ccc2c(c1)oc1c3cc(-c4c5ccccc5c(-c5ccc6c(c5)sc5ccccc56)c5ccccc45)oc3ccc21. The molecule has 0 bridgehead atoms. The van der Waals surface area contributed by atoms with Gasteiger partial charge in [-0.2, -0.15) is 0 Å². The minimum absolute atomic E-state index is 0.828. The van der Waals surface area contributed by atoms with E-state index in [1.54, 1.807) is 0 Å². The summed E-state index contributed by atoms with van der Waals surface area (Å²) < 4.78 is 15.6. The van der Waals surface area contributed by atoms with Crippen molar-refractivity contribution in [3.63, 3.8) is 0 Å². The Kier molecular flexibility index (Phi) is 4.63. The van der Waals surface area contributed by atoms with Crippen molar-refractivity contribution in [2.45, 2.75) is 0 Å². The van der Waals surface area contributed by atoms with Gasteiger partial charge < -0.3 is 8.83 Å². The molecule has 3 heteroatoms. The van der Waals surface area contributed by atoms with E-state index in [4.69, 9.17) is 8.83 Å². The third-order valence-corrected chi connectivity index (χ3v) is 10.0. The zero-order chi connectivity index (χ0) is 28.1. The minimum Gasteiger partial charge on any atom is -0.456 e. The third kappa shape index (κ3) is 3.23. The van der Waals surface area contributed by atoms with Crippen molar-refractivity contribution in [2.24, 2.45) is 0 Å². The Balaban J connectivity index is 1.27. The first-order valence-corrected chi connectivity index (χ1v) is 15.3. The van der Waals surface area contributed by atoms with Crippen molar-refractivity contribution < 1.29 is 8.83 Å². The van der Waals surface area contributed by atoms with Gasteiger partial charge in [0.15, 0.2) is 0 Å². The molecule has 7 aromatic carbocycles. The summed E-state index contributed by atoms with van der Waals surface area (Å²) in [5, 5.41) is 10.6. The first-order valence-electron chi connectivity index (χ1n) is 14.5. The maximum absolute atomic E-state index is 6.65. The molecule has 3 heterocycles. The van der Waals surface area contributed by atoms with Crippen LogP contribution in [-0.4, -0.2) is 0 Å². The smallest absolute Gasteiger partial charge is 0.146 e. The highest BCUT2D eigenvalue weighted by molar-refractivity contribution is 7.25. The van der Waals surface area contributed by atoms with Gasteiger partial charge in [0.25, 0.3) is 0 Å². The number of benzene rings is 7. The molecule has 0 fully saturated rings. The van der Waals surface area contributed by atoms with E-state index in [2.05, 4.69) is 121 Å². The second-order valence-electron chi connectivity index (χ2n) is 11.2. The number of fused-ring (bicyclic) bond motifs is 10. The fourth-order valence-corrected chi connectivity index (χ4v) is 8.15. The number of thiophene rings is 1. The number of para-hydroxylation sites is 1. The molecular weight excluding hydrogens is 545 g/mol. The summed E-state index contributed by atoms with van der Waals surface area (Å²) in [5.41, 5.74) is 6.18. The van der Waals surface area contributed by atoms with Crippen LogP contribution in [0.2, 0.25) is 0 Å². The quantitative estimate of drug-likeness (QED) is 0.195. The number of hydrogen-bond acceptors (Lipinski definition) is 3. The molecule has 3 aromatic heterocycles. The fourth-order valence-electron chi connectivity index (χ4n) is 7.01. The normalized spacial score (nSPS) is 12.2. The first kappa shape index (κ1) is 23.2. The van der Waals surface area contributed by atoms with E-state index in [1.165, 1.54) is 52.8 Å². The van der Waals surface area contributed by atoms with Crippen molar-refractivity contribution in [3.05, 3.63) is 133 Å². The molecule has 200 valence electrons. The maximum Gasteiger partial charge on any atom is 0.146 e. The Morgan fingerprint density at radius 2 is 0.953 bits per heavy atom. The molecule has 10 aromatic rings. The molecule has 0 amide bonds. The van der Waals surface area contributed by atoms with Gasteiger partial charge in [-0.15, -0.1) is 11.3 Å². The van der Waals surface area contributed by atoms with E-state index in [1.807, 2.05) is 23.5 Å². The lowest BCUT2D eigenvalue weighted by Gasteiger charge is -2.16. The van der Waals surface area contributed by atoms with E-state index >= 15 is 0 Å². The molecule has 0 saturated carbocycles. The molecule has 0 saturated heterocycles. The molecule has 0 aliphatic rings. The lowest BCUT2D eigenvalue weighted by Crippen LogP contribution is -1.89. The highest BCUT2D eigenvalue weighted by atomic mass is 32.1. The molecule has 0 spiro atoms. The average Bonchev–Trinajstić information content (AvgIpc) is 3.76. The summed E-state index contributed by atoms with van der Waals surface area (Å²) in [6, 6.07) is 47.7. The van der Waals surface area contributed by atoms with Gasteiger partial charge in [-0.1, -0.05) is 97.1 Å². The van der Waals surface area contributed by atoms with E-state index in [0.29, 0.717) is 0 Å². The van der Waals surface area contributed by atoms with Crippen LogP contribution in [-0.2, 0) is 0 Å². The lowest BCUT2D eigenvalue weighted by atomic mass is 9.87. The van der Waals surface area contributed by atoms with Gasteiger partial charge in [-0.05, 0) is 69.1 Å². The van der Waals surface area contributed by atoms with E-state index in [-0.39, 0.29) is 0 Å². The highest BCUT2D eigenvalue weighted by Gasteiger charge is 2.21. The van der Waals surface area contributed by atoms with E-state index in [9.17, 15) is 0 Å². The zero-order valence-electron chi connectivity index (χ0n) is 22.9. The molecule has 2 nitrogen and oxygen atoms in total. The van der Waals surface area contributed by atoms with Crippen LogP contribution in [0.5, 0.6) is 0 Å². The van der Waals surface area contributed by atoms with Gasteiger partial charge in [0, 0.05) is 36.5 Å². The molecule has 0 N–H and O–H groups in total. The number of furan rings is 2. The Labute approximate surface area is 250 Å². The molecule has 0 aliphatic heterocycles. The Morgan fingerprint density at radius 3 is 1.72 bits per heavy atom. The van der Waals surface area contributed by atoms with Crippen LogP contribution in [0.15, 0.2) is 142 Å². The predicted octanol–water partition coefficient (Wildman–Crippen LogP) is 12.3. The van der Waals surface area contributed by atoms with Gasteiger partial charge in [-0.3, -0.25) is 0 Å². The van der Waals surface area contributed by atoms with E-state index < -0.39 is 0 Å². The topological polar surface area (TPSA) is 26.3 Å². The molecule has 43 heavy (non-hydrogen) atoms. The molecule has 0 atom stereocenters. The molecular formula is C40H22O2S. The van der Waals surface area contributed by atoms with Crippen molar-refractivity contribution in [3.8, 4) is 22.5 Å². The monoisotopic (exact) mass is 566 g/mol. The van der Waals surface area contributed by atoms with Gasteiger partial charge >= 0.3 is 0 Å². The Bertz CT molecular complexity index is 2680. The largest absolute Gasteiger partial charge is 0.456 e. The second-order valence-corrected chi connectivity index (χ2v) is 12.3. The minimum atomic E-state index is 0.828. The average molecular weight is 567 g/mol. The van der Waals surface area contributed by atoms with Crippen LogP contribution in [0.25, 0.3) is 97.1 Å². The summed E-state index contributed by atoms with van der Waals surface area (Å²) >= 11 is 1.86. The van der Waals surface area contributed by atoms with Gasteiger partial charge in [0.05, 0.1) is 5.39 Å². The maximum atomic E-state index is 6.65. The lowest BCUT2D eigenvalue weighted by molar-refractivity contribution is 0.632. The van der Waals surface area contributed by atoms with Crippen LogP contribution < -0.4 is 0 Å². The predicted molar refractivity (Wildman–Crippen MR) is 182 cm³/mol. The summed E-state index contributed by atoms with van der Waals surface area (Å²) in [7, 11) is 0. The molecule has 10 rings (SSSR count). The molecule has 0 aliphatic carbocycles. The summed E-state index contributed by atoms with van der Waals surface area (Å²) in [6.45, 7) is 0. The first-order chi connectivity index (χ1) is 21.3. The summed E-state index contributed by atoms with van der Waals surface area (Å²) in [4.78, 5) is 0. The van der Waals surface area contributed by atoms with Crippen LogP contribution in [0.1, 0.15) is 0 Å². The van der Waals surface area contributed by atoms with E-state index in [0.717, 1.165) is 44.2 Å². The third-order valence-electron chi connectivity index (χ3n) is 8.89. The number of rotatable bonds is 2. The van der Waals surface area contributed by atoms with Crippen LogP contribution in [0.4, 0.5) is 0 Å². The summed E-state index contributed by atoms with van der Waals surface area (Å²) in [6.07, 6.45) is 0. The second kappa shape index (κ2) is 8.57. The number of hydrogen-bond donors (Lipinski definition) is 0. The van der Waals surface area contributed by atoms with Crippen LogP contribution in [0.3, 0.4) is 0 Å². The van der Waals surface area contributed by atoms with Gasteiger partial charge in [0.2, 0.25) is 0 Å². The van der Waals surface area contributed by atoms with Crippen molar-refractivity contribution >= 4 is 86.0 Å². The highest BCUT2D eigenvalue weighted by Crippen LogP contribution is 2.47. The van der Waals surface area contributed by atoms with Crippen molar-refractivity contribution in [2.75, 3.05) is 0 Å². The fraction of sp³-hybridized carbons (Fsp3) is 0. The Morgan fingerprint density at radius 1 is 0.372 bits per heavy atom. The zero-order valence-corrected chi connectivity index (χ0v) is 23.7. The summed E-state index contributed by atoms with van der Waals surface area (Å²) in [5.74, 6) is 0.849. The standard InChI is InChI=1S/C40H22O2S/c1-3-13-29-27(11-1)38(23-17-18-26-25-10-6-8-16-36(25)43-37(26)21-23)28-12-2-4-14-30(28)39(29)35-22-32-34(41-35)20-19-31-24-9-5-7-15-33(24)42-40(31)32/h1-22H. The van der Waals surface area contributed by atoms with Gasteiger partial charge in [-0.25, -0.2) is 0 Å². The molecule has 0 radical (unpaired) electrons. The van der Waals surface area contributed by atoms with Gasteiger partial charge in [0.1, 0.15) is 22.5 Å². The van der Waals surface area contributed by atoms with Crippen molar-refractivity contribution in [1.29, 1.82) is 0 Å². The van der Waals surface area contributed by atoms with Crippen LogP contribution >= 0.6 is 11.3 Å². The van der Waals surface area contributed by atoms with Crippen LogP contribution in [0, 0.1) is 0 Å². The molecule has 0 unspecified atom stereocenters. The Hall–Kier alpha value is -5.38.